The van der Waals surface area contributed by atoms with Crippen molar-refractivity contribution in [1.29, 1.82) is 0 Å². The molecule has 0 bridgehead atoms. The number of para-hydroxylation sites is 1. The van der Waals surface area contributed by atoms with E-state index in [2.05, 4.69) is 34.1 Å². The van der Waals surface area contributed by atoms with Gasteiger partial charge in [0.2, 0.25) is 0 Å². The molecular weight excluding hydrogens is 328 g/mol. The topological polar surface area (TPSA) is 26.3 Å². The van der Waals surface area contributed by atoms with Crippen molar-refractivity contribution < 1.29 is 8.83 Å². The van der Waals surface area contributed by atoms with Crippen LogP contribution in [0.25, 0.3) is 43.9 Å². The Morgan fingerprint density at radius 3 is 2.29 bits per heavy atom. The Kier molecular flexibility index (Phi) is 2.11. The zero-order valence-electron chi connectivity index (χ0n) is 10.9. The van der Waals surface area contributed by atoms with Gasteiger partial charge in [-0.3, -0.25) is 0 Å². The van der Waals surface area contributed by atoms with Crippen LogP contribution in [0.2, 0.25) is 0 Å². The van der Waals surface area contributed by atoms with E-state index >= 15 is 0 Å². The minimum absolute atomic E-state index is 0.811. The molecule has 3 heteroatoms. The standard InChI is InChI=1S/C18H9BrO2/c19-13-5-3-7-15-16(13)12-9-8-11-10-4-1-2-6-14(10)20-17(11)18(12)21-15/h1-9H. The maximum absolute atomic E-state index is 6.05. The molecule has 2 nitrogen and oxygen atoms in total. The summed E-state index contributed by atoms with van der Waals surface area (Å²) in [7, 11) is 0. The van der Waals surface area contributed by atoms with Crippen LogP contribution in [0.4, 0.5) is 0 Å². The SMILES string of the molecule is Brc1cccc2oc3c(ccc4c5ccccc5oc43)c12. The highest BCUT2D eigenvalue weighted by molar-refractivity contribution is 9.10. The number of fused-ring (bicyclic) bond motifs is 7. The van der Waals surface area contributed by atoms with Gasteiger partial charge < -0.3 is 8.83 Å². The summed E-state index contributed by atoms with van der Waals surface area (Å²) in [4.78, 5) is 0. The molecule has 21 heavy (non-hydrogen) atoms. The van der Waals surface area contributed by atoms with E-state index in [4.69, 9.17) is 8.83 Å². The van der Waals surface area contributed by atoms with Gasteiger partial charge in [0, 0.05) is 26.0 Å². The fourth-order valence-electron chi connectivity index (χ4n) is 3.02. The number of hydrogen-bond acceptors (Lipinski definition) is 2. The molecule has 3 aromatic carbocycles. The first-order valence-electron chi connectivity index (χ1n) is 6.74. The highest BCUT2D eigenvalue weighted by atomic mass is 79.9. The van der Waals surface area contributed by atoms with Crippen LogP contribution in [0, 0.1) is 0 Å². The van der Waals surface area contributed by atoms with Gasteiger partial charge in [0.05, 0.1) is 0 Å². The lowest BCUT2D eigenvalue weighted by molar-refractivity contribution is 0.633. The molecule has 0 saturated carbocycles. The van der Waals surface area contributed by atoms with E-state index in [1.807, 2.05) is 36.4 Å². The van der Waals surface area contributed by atoms with E-state index in [1.54, 1.807) is 0 Å². The predicted molar refractivity (Wildman–Crippen MR) is 88.7 cm³/mol. The van der Waals surface area contributed by atoms with Crippen molar-refractivity contribution in [2.45, 2.75) is 0 Å². The molecule has 0 N–H and O–H groups in total. The first-order valence-corrected chi connectivity index (χ1v) is 7.53. The Hall–Kier alpha value is -2.26. The summed E-state index contributed by atoms with van der Waals surface area (Å²) in [6.07, 6.45) is 0. The Labute approximate surface area is 128 Å². The lowest BCUT2D eigenvalue weighted by Gasteiger charge is -1.93. The van der Waals surface area contributed by atoms with E-state index in [-0.39, 0.29) is 0 Å². The van der Waals surface area contributed by atoms with Crippen LogP contribution in [0.1, 0.15) is 0 Å². The average molecular weight is 337 g/mol. The second kappa shape index (κ2) is 3.89. The van der Waals surface area contributed by atoms with Crippen LogP contribution in [-0.2, 0) is 0 Å². The van der Waals surface area contributed by atoms with Crippen molar-refractivity contribution >= 4 is 59.8 Å². The maximum atomic E-state index is 6.05. The predicted octanol–water partition coefficient (Wildman–Crippen LogP) is 6.25. The molecule has 2 heterocycles. The quantitative estimate of drug-likeness (QED) is 0.334. The third-order valence-electron chi connectivity index (χ3n) is 3.96. The third kappa shape index (κ3) is 1.41. The Balaban J connectivity index is 2.09. The minimum Gasteiger partial charge on any atom is -0.452 e. The summed E-state index contributed by atoms with van der Waals surface area (Å²) in [5.74, 6) is 0. The highest BCUT2D eigenvalue weighted by Gasteiger charge is 2.16. The molecule has 0 atom stereocenters. The van der Waals surface area contributed by atoms with Gasteiger partial charge in [-0.25, -0.2) is 0 Å². The van der Waals surface area contributed by atoms with Gasteiger partial charge in [0.1, 0.15) is 11.2 Å². The summed E-state index contributed by atoms with van der Waals surface area (Å²) in [6, 6.07) is 18.3. The molecule has 5 rings (SSSR count). The van der Waals surface area contributed by atoms with Crippen molar-refractivity contribution in [2.75, 3.05) is 0 Å². The van der Waals surface area contributed by atoms with Crippen LogP contribution in [0.3, 0.4) is 0 Å². The second-order valence-electron chi connectivity index (χ2n) is 5.13. The molecule has 0 saturated heterocycles. The van der Waals surface area contributed by atoms with Gasteiger partial charge in [-0.05, 0) is 30.3 Å². The van der Waals surface area contributed by atoms with Gasteiger partial charge in [0.15, 0.2) is 11.2 Å². The fraction of sp³-hybridized carbons (Fsp3) is 0. The summed E-state index contributed by atoms with van der Waals surface area (Å²) in [5, 5.41) is 4.38. The van der Waals surface area contributed by atoms with E-state index in [9.17, 15) is 0 Å². The van der Waals surface area contributed by atoms with Crippen molar-refractivity contribution in [3.8, 4) is 0 Å². The highest BCUT2D eigenvalue weighted by Crippen LogP contribution is 2.40. The van der Waals surface area contributed by atoms with Crippen LogP contribution >= 0.6 is 15.9 Å². The van der Waals surface area contributed by atoms with Gasteiger partial charge >= 0.3 is 0 Å². The molecule has 0 radical (unpaired) electrons. The number of hydrogen-bond donors (Lipinski definition) is 0. The van der Waals surface area contributed by atoms with Crippen LogP contribution < -0.4 is 0 Å². The minimum atomic E-state index is 0.811. The Morgan fingerprint density at radius 1 is 0.619 bits per heavy atom. The molecule has 0 amide bonds. The van der Waals surface area contributed by atoms with Gasteiger partial charge in [-0.1, -0.05) is 40.2 Å². The van der Waals surface area contributed by atoms with E-state index in [0.29, 0.717) is 0 Å². The summed E-state index contributed by atoms with van der Waals surface area (Å²) in [5.41, 5.74) is 3.38. The van der Waals surface area contributed by atoms with Gasteiger partial charge in [-0.15, -0.1) is 0 Å². The Morgan fingerprint density at radius 2 is 1.33 bits per heavy atom. The number of halogens is 1. The van der Waals surface area contributed by atoms with Crippen molar-refractivity contribution in [3.05, 3.63) is 59.1 Å². The molecule has 0 aliphatic heterocycles. The van der Waals surface area contributed by atoms with Gasteiger partial charge in [0.25, 0.3) is 0 Å². The van der Waals surface area contributed by atoms with Crippen molar-refractivity contribution in [2.24, 2.45) is 0 Å². The van der Waals surface area contributed by atoms with Gasteiger partial charge in [-0.2, -0.15) is 0 Å². The molecule has 0 fully saturated rings. The van der Waals surface area contributed by atoms with E-state index in [1.165, 1.54) is 0 Å². The first-order chi connectivity index (χ1) is 10.3. The zero-order chi connectivity index (χ0) is 14.0. The smallest absolute Gasteiger partial charge is 0.178 e. The summed E-state index contributed by atoms with van der Waals surface area (Å²) >= 11 is 3.61. The van der Waals surface area contributed by atoms with E-state index < -0.39 is 0 Å². The molecule has 5 aromatic rings. The second-order valence-corrected chi connectivity index (χ2v) is 5.99. The van der Waals surface area contributed by atoms with Crippen molar-refractivity contribution in [3.63, 3.8) is 0 Å². The molecule has 0 aliphatic rings. The number of benzene rings is 3. The summed E-state index contributed by atoms with van der Waals surface area (Å²) in [6.45, 7) is 0. The number of rotatable bonds is 0. The molecule has 0 spiro atoms. The van der Waals surface area contributed by atoms with Crippen molar-refractivity contribution in [1.82, 2.24) is 0 Å². The molecule has 0 unspecified atom stereocenters. The van der Waals surface area contributed by atoms with Crippen LogP contribution in [0.5, 0.6) is 0 Å². The largest absolute Gasteiger partial charge is 0.452 e. The van der Waals surface area contributed by atoms with Crippen LogP contribution in [0.15, 0.2) is 67.9 Å². The molecular formula is C18H9BrO2. The monoisotopic (exact) mass is 336 g/mol. The third-order valence-corrected chi connectivity index (χ3v) is 4.62. The fourth-order valence-corrected chi connectivity index (χ4v) is 3.58. The summed E-state index contributed by atoms with van der Waals surface area (Å²) < 4.78 is 13.1. The first kappa shape index (κ1) is 11.4. The average Bonchev–Trinajstić information content (AvgIpc) is 3.05. The zero-order valence-corrected chi connectivity index (χ0v) is 12.5. The molecule has 100 valence electrons. The lowest BCUT2D eigenvalue weighted by atomic mass is 10.1. The maximum Gasteiger partial charge on any atom is 0.178 e. The molecule has 2 aromatic heterocycles. The van der Waals surface area contributed by atoms with E-state index in [0.717, 1.165) is 48.3 Å². The Bertz CT molecular complexity index is 1150. The van der Waals surface area contributed by atoms with Crippen LogP contribution in [-0.4, -0.2) is 0 Å². The molecule has 0 aliphatic carbocycles. The lowest BCUT2D eigenvalue weighted by Crippen LogP contribution is -1.70. The number of furan rings is 2. The normalized spacial score (nSPS) is 12.0.